The Hall–Kier alpha value is -0.910. The summed E-state index contributed by atoms with van der Waals surface area (Å²) < 4.78 is 0. The molecule has 0 fully saturated rings. The van der Waals surface area contributed by atoms with Crippen molar-refractivity contribution in [3.63, 3.8) is 0 Å². The number of thiophene rings is 1. The van der Waals surface area contributed by atoms with Gasteiger partial charge in [0.2, 0.25) is 5.91 Å². The number of carbonyl (C=O) groups is 1. The molecule has 1 aromatic rings. The highest BCUT2D eigenvalue weighted by molar-refractivity contribution is 7.10. The van der Waals surface area contributed by atoms with E-state index in [2.05, 4.69) is 21.7 Å². The monoisotopic (exact) mass is 295 g/mol. The predicted molar refractivity (Wildman–Crippen MR) is 83.8 cm³/mol. The van der Waals surface area contributed by atoms with Crippen molar-refractivity contribution in [3.05, 3.63) is 21.9 Å². The van der Waals surface area contributed by atoms with Crippen LogP contribution >= 0.6 is 11.3 Å². The quantitative estimate of drug-likeness (QED) is 0.889. The van der Waals surface area contributed by atoms with Gasteiger partial charge >= 0.3 is 0 Å². The van der Waals surface area contributed by atoms with E-state index in [9.17, 15) is 4.79 Å². The molecule has 1 amide bonds. The molecule has 0 saturated heterocycles. The molecule has 1 unspecified atom stereocenters. The van der Waals surface area contributed by atoms with Crippen molar-refractivity contribution in [1.29, 1.82) is 0 Å². The van der Waals surface area contributed by atoms with E-state index in [0.717, 1.165) is 19.5 Å². The van der Waals surface area contributed by atoms with Gasteiger partial charge in [-0.15, -0.1) is 11.3 Å². The van der Waals surface area contributed by atoms with Gasteiger partial charge < -0.3 is 11.1 Å². The molecule has 0 radical (unpaired) electrons. The minimum Gasteiger partial charge on any atom is -0.351 e. The van der Waals surface area contributed by atoms with Crippen molar-refractivity contribution < 1.29 is 4.79 Å². The molecule has 0 bridgehead atoms. The Labute approximate surface area is 125 Å². The van der Waals surface area contributed by atoms with Gasteiger partial charge in [0.1, 0.15) is 0 Å². The maximum atomic E-state index is 12.1. The highest BCUT2D eigenvalue weighted by Gasteiger charge is 2.26. The number of fused-ring (bicyclic) bond motifs is 1. The number of carbonyl (C=O) groups excluding carboxylic acids is 1. The first kappa shape index (κ1) is 15.5. The van der Waals surface area contributed by atoms with E-state index in [1.807, 2.05) is 32.1 Å². The molecule has 3 N–H and O–H groups in total. The number of amides is 1. The Kier molecular flexibility index (Phi) is 4.83. The summed E-state index contributed by atoms with van der Waals surface area (Å²) in [4.78, 5) is 15.9. The summed E-state index contributed by atoms with van der Waals surface area (Å²) >= 11 is 1.83. The summed E-state index contributed by atoms with van der Waals surface area (Å²) in [5.74, 6) is 0.0871. The van der Waals surface area contributed by atoms with Gasteiger partial charge in [-0.05, 0) is 44.2 Å². The van der Waals surface area contributed by atoms with Crippen molar-refractivity contribution in [2.45, 2.75) is 51.7 Å². The lowest BCUT2D eigenvalue weighted by Crippen LogP contribution is -2.48. The van der Waals surface area contributed by atoms with E-state index in [-0.39, 0.29) is 17.5 Å². The Morgan fingerprint density at radius 3 is 2.95 bits per heavy atom. The predicted octanol–water partition coefficient (Wildman–Crippen LogP) is 1.74. The number of rotatable bonds is 4. The van der Waals surface area contributed by atoms with Crippen LogP contribution < -0.4 is 11.1 Å². The van der Waals surface area contributed by atoms with Crippen molar-refractivity contribution in [2.75, 3.05) is 13.1 Å². The van der Waals surface area contributed by atoms with Gasteiger partial charge in [-0.3, -0.25) is 9.69 Å². The zero-order chi connectivity index (χ0) is 14.8. The fourth-order valence-corrected chi connectivity index (χ4v) is 3.52. The molecule has 1 aliphatic heterocycles. The second kappa shape index (κ2) is 6.24. The Bertz CT molecular complexity index is 464. The van der Waals surface area contributed by atoms with Crippen LogP contribution in [-0.2, 0) is 17.8 Å². The van der Waals surface area contributed by atoms with Crippen LogP contribution in [0.25, 0.3) is 0 Å². The standard InChI is InChI=1S/C15H25N3OS/c1-15(2,3)17-14(19)8-12(9-16)18-6-4-13-11(10-18)5-7-20-13/h5,7,12H,4,6,8-10,16H2,1-3H3,(H,17,19). The highest BCUT2D eigenvalue weighted by Crippen LogP contribution is 2.25. The molecule has 0 saturated carbocycles. The van der Waals surface area contributed by atoms with Crippen LogP contribution in [0.1, 0.15) is 37.6 Å². The van der Waals surface area contributed by atoms with Gasteiger partial charge in [0.25, 0.3) is 0 Å². The van der Waals surface area contributed by atoms with Gasteiger partial charge in [-0.1, -0.05) is 0 Å². The van der Waals surface area contributed by atoms with Crippen molar-refractivity contribution >= 4 is 17.2 Å². The molecule has 2 heterocycles. The minimum absolute atomic E-state index is 0.0871. The molecule has 112 valence electrons. The Balaban J connectivity index is 1.94. The average Bonchev–Trinajstić information content (AvgIpc) is 2.80. The second-order valence-electron chi connectivity index (χ2n) is 6.48. The van der Waals surface area contributed by atoms with Crippen LogP contribution in [-0.4, -0.2) is 35.5 Å². The van der Waals surface area contributed by atoms with Crippen LogP contribution in [0.4, 0.5) is 0 Å². The first-order valence-corrected chi connectivity index (χ1v) is 8.07. The van der Waals surface area contributed by atoms with Crippen LogP contribution in [0.5, 0.6) is 0 Å². The molecule has 4 nitrogen and oxygen atoms in total. The van der Waals surface area contributed by atoms with Gasteiger partial charge in [-0.25, -0.2) is 0 Å². The normalized spacial score (nSPS) is 17.6. The third-order valence-electron chi connectivity index (χ3n) is 3.56. The zero-order valence-corrected chi connectivity index (χ0v) is 13.4. The van der Waals surface area contributed by atoms with Crippen molar-refractivity contribution in [2.24, 2.45) is 5.73 Å². The summed E-state index contributed by atoms with van der Waals surface area (Å²) in [6.07, 6.45) is 1.55. The molecular weight excluding hydrogens is 270 g/mol. The smallest absolute Gasteiger partial charge is 0.222 e. The van der Waals surface area contributed by atoms with Crippen LogP contribution in [0, 0.1) is 0 Å². The minimum atomic E-state index is -0.182. The first-order valence-electron chi connectivity index (χ1n) is 7.19. The van der Waals surface area contributed by atoms with Gasteiger partial charge in [-0.2, -0.15) is 0 Å². The summed E-state index contributed by atoms with van der Waals surface area (Å²) in [6, 6.07) is 2.32. The summed E-state index contributed by atoms with van der Waals surface area (Å²) in [7, 11) is 0. The number of hydrogen-bond acceptors (Lipinski definition) is 4. The third-order valence-corrected chi connectivity index (χ3v) is 4.58. The lowest BCUT2D eigenvalue weighted by Gasteiger charge is -2.34. The molecular formula is C15H25N3OS. The number of nitrogens with one attached hydrogen (secondary N) is 1. The second-order valence-corrected chi connectivity index (χ2v) is 7.48. The van der Waals surface area contributed by atoms with Crippen molar-refractivity contribution in [3.8, 4) is 0 Å². The van der Waals surface area contributed by atoms with E-state index in [4.69, 9.17) is 5.73 Å². The lowest BCUT2D eigenvalue weighted by atomic mass is 10.0. The molecule has 0 aliphatic carbocycles. The van der Waals surface area contributed by atoms with E-state index in [0.29, 0.717) is 13.0 Å². The highest BCUT2D eigenvalue weighted by atomic mass is 32.1. The molecule has 20 heavy (non-hydrogen) atoms. The van der Waals surface area contributed by atoms with Crippen LogP contribution in [0.2, 0.25) is 0 Å². The maximum absolute atomic E-state index is 12.1. The third kappa shape index (κ3) is 4.04. The van der Waals surface area contributed by atoms with E-state index < -0.39 is 0 Å². The molecule has 5 heteroatoms. The summed E-state index contributed by atoms with van der Waals surface area (Å²) in [5, 5.41) is 5.17. The van der Waals surface area contributed by atoms with Crippen molar-refractivity contribution in [1.82, 2.24) is 10.2 Å². The van der Waals surface area contributed by atoms with Gasteiger partial charge in [0.15, 0.2) is 0 Å². The number of nitrogens with zero attached hydrogens (tertiary/aromatic N) is 1. The molecule has 1 aliphatic rings. The summed E-state index contributed by atoms with van der Waals surface area (Å²) in [5.41, 5.74) is 7.11. The largest absolute Gasteiger partial charge is 0.351 e. The van der Waals surface area contributed by atoms with Gasteiger partial charge in [0, 0.05) is 42.5 Å². The summed E-state index contributed by atoms with van der Waals surface area (Å²) in [6.45, 7) is 8.45. The number of hydrogen-bond donors (Lipinski definition) is 2. The Morgan fingerprint density at radius 1 is 1.55 bits per heavy atom. The van der Waals surface area contributed by atoms with E-state index in [1.165, 1.54) is 10.4 Å². The molecule has 0 spiro atoms. The average molecular weight is 295 g/mol. The van der Waals surface area contributed by atoms with Crippen LogP contribution in [0.3, 0.4) is 0 Å². The first-order chi connectivity index (χ1) is 9.39. The molecule has 0 aromatic carbocycles. The maximum Gasteiger partial charge on any atom is 0.222 e. The van der Waals surface area contributed by atoms with Gasteiger partial charge in [0.05, 0.1) is 0 Å². The topological polar surface area (TPSA) is 58.4 Å². The van der Waals surface area contributed by atoms with E-state index >= 15 is 0 Å². The van der Waals surface area contributed by atoms with E-state index in [1.54, 1.807) is 0 Å². The fourth-order valence-electron chi connectivity index (χ4n) is 2.63. The number of nitrogens with two attached hydrogens (primary N) is 1. The molecule has 1 aromatic heterocycles. The zero-order valence-electron chi connectivity index (χ0n) is 12.6. The molecule has 2 rings (SSSR count). The SMILES string of the molecule is CC(C)(C)NC(=O)CC(CN)N1CCc2sccc2C1. The molecule has 1 atom stereocenters. The fraction of sp³-hybridized carbons (Fsp3) is 0.667. The Morgan fingerprint density at radius 2 is 2.30 bits per heavy atom. The van der Waals surface area contributed by atoms with Crippen LogP contribution in [0.15, 0.2) is 11.4 Å². The lowest BCUT2D eigenvalue weighted by molar-refractivity contribution is -0.123.